The lowest BCUT2D eigenvalue weighted by atomic mass is 10.3. The minimum atomic E-state index is 0.159. The normalized spacial score (nSPS) is 15.6. The summed E-state index contributed by atoms with van der Waals surface area (Å²) >= 11 is 4.96. The van der Waals surface area contributed by atoms with Crippen LogP contribution in [0.15, 0.2) is 9.85 Å². The smallest absolute Gasteiger partial charge is 0.263 e. The van der Waals surface area contributed by atoms with Gasteiger partial charge in [-0.25, -0.2) is 0 Å². The van der Waals surface area contributed by atoms with Gasteiger partial charge >= 0.3 is 0 Å². The molecule has 1 amide bonds. The zero-order valence-corrected chi connectivity index (χ0v) is 10.6. The number of aryl methyl sites for hydroxylation is 1. The monoisotopic (exact) mass is 273 g/mol. The van der Waals surface area contributed by atoms with Gasteiger partial charge in [-0.15, -0.1) is 11.3 Å². The van der Waals surface area contributed by atoms with Crippen LogP contribution in [0.2, 0.25) is 0 Å². The molecule has 0 aliphatic heterocycles. The van der Waals surface area contributed by atoms with Gasteiger partial charge in [0.15, 0.2) is 0 Å². The van der Waals surface area contributed by atoms with E-state index in [0.29, 0.717) is 6.04 Å². The number of hydrogen-bond acceptors (Lipinski definition) is 2. The summed E-state index contributed by atoms with van der Waals surface area (Å²) in [6, 6.07) is 2.44. The van der Waals surface area contributed by atoms with Crippen LogP contribution in [0, 0.1) is 6.92 Å². The second-order valence-electron chi connectivity index (χ2n) is 3.71. The van der Waals surface area contributed by atoms with Gasteiger partial charge in [-0.05, 0) is 47.3 Å². The van der Waals surface area contributed by atoms with E-state index in [9.17, 15) is 4.79 Å². The first-order chi connectivity index (χ1) is 6.59. The van der Waals surface area contributed by atoms with Crippen LogP contribution in [0.25, 0.3) is 0 Å². The Morgan fingerprint density at radius 1 is 1.64 bits per heavy atom. The van der Waals surface area contributed by atoms with Gasteiger partial charge in [0.25, 0.3) is 5.91 Å². The van der Waals surface area contributed by atoms with Crippen LogP contribution in [-0.4, -0.2) is 23.9 Å². The van der Waals surface area contributed by atoms with E-state index in [-0.39, 0.29) is 5.91 Å². The minimum Gasteiger partial charge on any atom is -0.338 e. The molecule has 0 N–H and O–H groups in total. The number of carbonyl (C=O) groups excluding carboxylic acids is 1. The van der Waals surface area contributed by atoms with Crippen molar-refractivity contribution in [3.8, 4) is 0 Å². The highest BCUT2D eigenvalue weighted by atomic mass is 79.9. The van der Waals surface area contributed by atoms with Crippen LogP contribution >= 0.6 is 27.3 Å². The molecule has 0 saturated heterocycles. The van der Waals surface area contributed by atoms with E-state index < -0.39 is 0 Å². The van der Waals surface area contributed by atoms with Gasteiger partial charge in [0.1, 0.15) is 0 Å². The highest BCUT2D eigenvalue weighted by molar-refractivity contribution is 9.11. The van der Waals surface area contributed by atoms with Crippen molar-refractivity contribution in [1.82, 2.24) is 4.90 Å². The third-order valence-corrected chi connectivity index (χ3v) is 4.61. The van der Waals surface area contributed by atoms with E-state index in [2.05, 4.69) is 15.9 Å². The number of carbonyl (C=O) groups is 1. The molecule has 1 heterocycles. The zero-order chi connectivity index (χ0) is 10.3. The lowest BCUT2D eigenvalue weighted by Crippen LogP contribution is -2.27. The summed E-state index contributed by atoms with van der Waals surface area (Å²) < 4.78 is 1.06. The van der Waals surface area contributed by atoms with E-state index in [0.717, 1.165) is 27.1 Å². The second-order valence-corrected chi connectivity index (χ2v) is 6.08. The van der Waals surface area contributed by atoms with Gasteiger partial charge in [0, 0.05) is 13.1 Å². The van der Waals surface area contributed by atoms with Crippen molar-refractivity contribution in [2.75, 3.05) is 7.05 Å². The van der Waals surface area contributed by atoms with Crippen LogP contribution in [0.3, 0.4) is 0 Å². The molecule has 4 heteroatoms. The molecule has 2 nitrogen and oxygen atoms in total. The number of halogens is 1. The summed E-state index contributed by atoms with van der Waals surface area (Å²) in [5, 5.41) is 0. The van der Waals surface area contributed by atoms with Gasteiger partial charge in [0.05, 0.1) is 8.66 Å². The van der Waals surface area contributed by atoms with E-state index in [4.69, 9.17) is 0 Å². The molecule has 1 saturated carbocycles. The second kappa shape index (κ2) is 3.66. The Balaban J connectivity index is 2.17. The molecular weight excluding hydrogens is 262 g/mol. The predicted octanol–water partition coefficient (Wildman–Crippen LogP) is 3.05. The Bertz CT molecular complexity index is 351. The molecule has 0 aromatic carbocycles. The molecule has 0 radical (unpaired) electrons. The molecule has 1 aliphatic rings. The first-order valence-electron chi connectivity index (χ1n) is 4.62. The van der Waals surface area contributed by atoms with Crippen LogP contribution in [-0.2, 0) is 0 Å². The SMILES string of the molecule is Cc1cc(C(=O)N(C)C2CC2)sc1Br. The average Bonchev–Trinajstić information content (AvgIpc) is 2.93. The lowest BCUT2D eigenvalue weighted by Gasteiger charge is -2.14. The average molecular weight is 274 g/mol. The maximum Gasteiger partial charge on any atom is 0.263 e. The maximum absolute atomic E-state index is 11.9. The molecule has 1 aromatic rings. The van der Waals surface area contributed by atoms with Gasteiger partial charge in [-0.3, -0.25) is 4.79 Å². The first kappa shape index (κ1) is 10.2. The fourth-order valence-electron chi connectivity index (χ4n) is 1.37. The van der Waals surface area contributed by atoms with Crippen molar-refractivity contribution in [2.45, 2.75) is 25.8 Å². The fraction of sp³-hybridized carbons (Fsp3) is 0.500. The zero-order valence-electron chi connectivity index (χ0n) is 8.21. The Morgan fingerprint density at radius 3 is 2.71 bits per heavy atom. The number of nitrogens with zero attached hydrogens (tertiary/aromatic N) is 1. The largest absolute Gasteiger partial charge is 0.338 e. The Labute approximate surface area is 96.0 Å². The van der Waals surface area contributed by atoms with Crippen molar-refractivity contribution >= 4 is 33.2 Å². The van der Waals surface area contributed by atoms with Crippen LogP contribution in [0.5, 0.6) is 0 Å². The third kappa shape index (κ3) is 1.86. The Hall–Kier alpha value is -0.350. The summed E-state index contributed by atoms with van der Waals surface area (Å²) in [5.74, 6) is 0.159. The number of rotatable bonds is 2. The van der Waals surface area contributed by atoms with Crippen molar-refractivity contribution in [3.05, 3.63) is 20.3 Å². The van der Waals surface area contributed by atoms with Crippen molar-refractivity contribution < 1.29 is 4.79 Å². The summed E-state index contributed by atoms with van der Waals surface area (Å²) in [6.07, 6.45) is 2.32. The van der Waals surface area contributed by atoms with Crippen molar-refractivity contribution in [3.63, 3.8) is 0 Å². The molecule has 1 fully saturated rings. The molecule has 14 heavy (non-hydrogen) atoms. The minimum absolute atomic E-state index is 0.159. The van der Waals surface area contributed by atoms with Crippen molar-refractivity contribution in [1.29, 1.82) is 0 Å². The molecule has 0 unspecified atom stereocenters. The number of hydrogen-bond donors (Lipinski definition) is 0. The predicted molar refractivity (Wildman–Crippen MR) is 61.9 cm³/mol. The summed E-state index contributed by atoms with van der Waals surface area (Å²) in [4.78, 5) is 14.6. The highest BCUT2D eigenvalue weighted by Gasteiger charge is 2.30. The summed E-state index contributed by atoms with van der Waals surface area (Å²) in [5.41, 5.74) is 1.14. The van der Waals surface area contributed by atoms with E-state index in [1.807, 2.05) is 24.9 Å². The topological polar surface area (TPSA) is 20.3 Å². The van der Waals surface area contributed by atoms with Crippen molar-refractivity contribution in [2.24, 2.45) is 0 Å². The lowest BCUT2D eigenvalue weighted by molar-refractivity contribution is 0.0790. The quantitative estimate of drug-likeness (QED) is 0.811. The summed E-state index contributed by atoms with van der Waals surface area (Å²) in [6.45, 7) is 2.01. The molecule has 1 aromatic heterocycles. The standard InChI is InChI=1S/C10H12BrNOS/c1-6-5-8(14-9(6)11)10(13)12(2)7-3-4-7/h5,7H,3-4H2,1-2H3. The van der Waals surface area contributed by atoms with Crippen LogP contribution in [0.1, 0.15) is 28.1 Å². The molecule has 0 atom stereocenters. The Morgan fingerprint density at radius 2 is 2.29 bits per heavy atom. The molecule has 0 spiro atoms. The highest BCUT2D eigenvalue weighted by Crippen LogP contribution is 2.31. The van der Waals surface area contributed by atoms with E-state index >= 15 is 0 Å². The fourth-order valence-corrected chi connectivity index (χ4v) is 2.88. The Kier molecular flexibility index (Phi) is 2.66. The van der Waals surface area contributed by atoms with Crippen LogP contribution in [0.4, 0.5) is 0 Å². The van der Waals surface area contributed by atoms with Crippen LogP contribution < -0.4 is 0 Å². The molecule has 76 valence electrons. The number of amides is 1. The maximum atomic E-state index is 11.9. The van der Waals surface area contributed by atoms with Gasteiger partial charge in [-0.2, -0.15) is 0 Å². The molecule has 1 aliphatic carbocycles. The first-order valence-corrected chi connectivity index (χ1v) is 6.23. The summed E-state index contributed by atoms with van der Waals surface area (Å²) in [7, 11) is 1.89. The number of thiophene rings is 1. The molecule has 2 rings (SSSR count). The van der Waals surface area contributed by atoms with Gasteiger partial charge < -0.3 is 4.90 Å². The van der Waals surface area contributed by atoms with Gasteiger partial charge in [-0.1, -0.05) is 0 Å². The molecular formula is C10H12BrNOS. The third-order valence-electron chi connectivity index (χ3n) is 2.48. The van der Waals surface area contributed by atoms with E-state index in [1.54, 1.807) is 0 Å². The molecule has 0 bridgehead atoms. The van der Waals surface area contributed by atoms with Gasteiger partial charge in [0.2, 0.25) is 0 Å². The van der Waals surface area contributed by atoms with E-state index in [1.165, 1.54) is 11.3 Å².